The highest BCUT2D eigenvalue weighted by atomic mass is 32.1. The van der Waals surface area contributed by atoms with Crippen LogP contribution in [0.15, 0.2) is 30.4 Å². The molecule has 5 heteroatoms. The van der Waals surface area contributed by atoms with Crippen molar-refractivity contribution in [1.29, 1.82) is 0 Å². The summed E-state index contributed by atoms with van der Waals surface area (Å²) in [5, 5.41) is 3.30. The van der Waals surface area contributed by atoms with E-state index in [1.165, 1.54) is 17.4 Å². The molecule has 0 atom stereocenters. The standard InChI is InChI=1S/C12H12N2O2S/c1-3-4-11(15)14-12-13-9-7-8(16-2)5-6-10(9)17-12/h3-7H,1-2H3,(H,13,14,15)/b4-3+. The van der Waals surface area contributed by atoms with Gasteiger partial charge in [0.15, 0.2) is 5.13 Å². The number of carbonyl (C=O) groups is 1. The van der Waals surface area contributed by atoms with Crippen LogP contribution in [0.2, 0.25) is 0 Å². The average Bonchev–Trinajstić information content (AvgIpc) is 2.69. The van der Waals surface area contributed by atoms with Crippen LogP contribution >= 0.6 is 11.3 Å². The van der Waals surface area contributed by atoms with Crippen LogP contribution in [0, 0.1) is 0 Å². The molecule has 0 fully saturated rings. The maximum absolute atomic E-state index is 11.4. The van der Waals surface area contributed by atoms with E-state index in [9.17, 15) is 4.79 Å². The van der Waals surface area contributed by atoms with E-state index in [-0.39, 0.29) is 5.91 Å². The fourth-order valence-electron chi connectivity index (χ4n) is 1.39. The number of methoxy groups -OCH3 is 1. The van der Waals surface area contributed by atoms with Gasteiger partial charge in [-0.2, -0.15) is 0 Å². The molecule has 0 saturated carbocycles. The summed E-state index contributed by atoms with van der Waals surface area (Å²) >= 11 is 1.44. The number of anilines is 1. The number of amides is 1. The van der Waals surface area contributed by atoms with Gasteiger partial charge in [-0.25, -0.2) is 4.98 Å². The van der Waals surface area contributed by atoms with Crippen LogP contribution in [0.5, 0.6) is 5.75 Å². The lowest BCUT2D eigenvalue weighted by atomic mass is 10.3. The Morgan fingerprint density at radius 1 is 1.53 bits per heavy atom. The molecule has 1 N–H and O–H groups in total. The van der Waals surface area contributed by atoms with Crippen LogP contribution in [0.3, 0.4) is 0 Å². The first-order chi connectivity index (χ1) is 8.22. The van der Waals surface area contributed by atoms with Crippen LogP contribution in [-0.4, -0.2) is 18.0 Å². The number of hydrogen-bond donors (Lipinski definition) is 1. The van der Waals surface area contributed by atoms with Gasteiger partial charge < -0.3 is 4.74 Å². The Hall–Kier alpha value is -1.88. The SMILES string of the molecule is C/C=C/C(=O)Nc1nc2cc(OC)ccc2s1. The molecule has 88 valence electrons. The second-order valence-corrected chi connectivity index (χ2v) is 4.37. The summed E-state index contributed by atoms with van der Waals surface area (Å²) in [6.45, 7) is 1.79. The fraction of sp³-hybridized carbons (Fsp3) is 0.167. The molecule has 2 aromatic rings. The molecule has 2 rings (SSSR count). The van der Waals surface area contributed by atoms with E-state index in [4.69, 9.17) is 4.74 Å². The number of hydrogen-bond acceptors (Lipinski definition) is 4. The number of ether oxygens (including phenoxy) is 1. The van der Waals surface area contributed by atoms with Crippen molar-refractivity contribution in [2.24, 2.45) is 0 Å². The maximum atomic E-state index is 11.4. The minimum atomic E-state index is -0.168. The number of thiazole rings is 1. The summed E-state index contributed by atoms with van der Waals surface area (Å²) < 4.78 is 6.13. The molecule has 0 saturated heterocycles. The van der Waals surface area contributed by atoms with E-state index < -0.39 is 0 Å². The molecule has 0 bridgehead atoms. The summed E-state index contributed by atoms with van der Waals surface area (Å²) in [5.74, 6) is 0.590. The summed E-state index contributed by atoms with van der Waals surface area (Å²) in [7, 11) is 1.61. The Balaban J connectivity index is 2.28. The van der Waals surface area contributed by atoms with Crippen molar-refractivity contribution in [2.75, 3.05) is 12.4 Å². The smallest absolute Gasteiger partial charge is 0.249 e. The lowest BCUT2D eigenvalue weighted by molar-refractivity contribution is -0.111. The average molecular weight is 248 g/mol. The van der Waals surface area contributed by atoms with E-state index in [0.717, 1.165) is 16.0 Å². The highest BCUT2D eigenvalue weighted by Crippen LogP contribution is 2.28. The molecule has 0 unspecified atom stereocenters. The van der Waals surface area contributed by atoms with Crippen LogP contribution in [0.1, 0.15) is 6.92 Å². The zero-order valence-electron chi connectivity index (χ0n) is 9.56. The first kappa shape index (κ1) is 11.6. The second-order valence-electron chi connectivity index (χ2n) is 3.34. The van der Waals surface area contributed by atoms with Crippen molar-refractivity contribution in [1.82, 2.24) is 4.98 Å². The summed E-state index contributed by atoms with van der Waals surface area (Å²) in [6, 6.07) is 5.65. The lowest BCUT2D eigenvalue weighted by Gasteiger charge is -1.96. The molecular weight excluding hydrogens is 236 g/mol. The molecule has 0 radical (unpaired) electrons. The Bertz CT molecular complexity index is 575. The number of benzene rings is 1. The molecule has 1 aromatic heterocycles. The number of carbonyl (C=O) groups excluding carboxylic acids is 1. The molecule has 0 aliphatic carbocycles. The van der Waals surface area contributed by atoms with Crippen LogP contribution in [0.25, 0.3) is 10.2 Å². The van der Waals surface area contributed by atoms with E-state index in [1.54, 1.807) is 20.1 Å². The Labute approximate surface area is 103 Å². The van der Waals surface area contributed by atoms with Crippen LogP contribution < -0.4 is 10.1 Å². The van der Waals surface area contributed by atoms with Gasteiger partial charge in [-0.1, -0.05) is 17.4 Å². The lowest BCUT2D eigenvalue weighted by Crippen LogP contribution is -2.06. The Morgan fingerprint density at radius 3 is 3.06 bits per heavy atom. The minimum absolute atomic E-state index is 0.168. The van der Waals surface area contributed by atoms with Crippen molar-refractivity contribution in [3.05, 3.63) is 30.4 Å². The van der Waals surface area contributed by atoms with Gasteiger partial charge in [-0.3, -0.25) is 10.1 Å². The predicted octanol–water partition coefficient (Wildman–Crippen LogP) is 2.82. The van der Waals surface area contributed by atoms with E-state index >= 15 is 0 Å². The largest absolute Gasteiger partial charge is 0.497 e. The van der Waals surface area contributed by atoms with Gasteiger partial charge in [0, 0.05) is 6.07 Å². The van der Waals surface area contributed by atoms with E-state index in [2.05, 4.69) is 10.3 Å². The Morgan fingerprint density at radius 2 is 2.35 bits per heavy atom. The number of nitrogens with zero attached hydrogens (tertiary/aromatic N) is 1. The maximum Gasteiger partial charge on any atom is 0.249 e. The van der Waals surface area contributed by atoms with Gasteiger partial charge in [0.1, 0.15) is 5.75 Å². The predicted molar refractivity (Wildman–Crippen MR) is 69.6 cm³/mol. The molecular formula is C12H12N2O2S. The van der Waals surface area contributed by atoms with E-state index in [0.29, 0.717) is 5.13 Å². The molecule has 0 aliphatic rings. The zero-order chi connectivity index (χ0) is 12.3. The number of nitrogens with one attached hydrogen (secondary N) is 1. The number of rotatable bonds is 3. The third kappa shape index (κ3) is 2.62. The summed E-state index contributed by atoms with van der Waals surface area (Å²) in [6.07, 6.45) is 3.15. The van der Waals surface area contributed by atoms with E-state index in [1.807, 2.05) is 18.2 Å². The fourth-order valence-corrected chi connectivity index (χ4v) is 2.24. The van der Waals surface area contributed by atoms with Gasteiger partial charge in [0.2, 0.25) is 5.91 Å². The molecule has 1 amide bonds. The number of allylic oxidation sites excluding steroid dienone is 1. The van der Waals surface area contributed by atoms with Crippen molar-refractivity contribution in [2.45, 2.75) is 6.92 Å². The highest BCUT2D eigenvalue weighted by Gasteiger charge is 2.06. The Kier molecular flexibility index (Phi) is 3.39. The number of fused-ring (bicyclic) bond motifs is 1. The normalized spacial score (nSPS) is 10.9. The first-order valence-electron chi connectivity index (χ1n) is 5.11. The quantitative estimate of drug-likeness (QED) is 0.850. The van der Waals surface area contributed by atoms with Crippen molar-refractivity contribution < 1.29 is 9.53 Å². The van der Waals surface area contributed by atoms with Crippen molar-refractivity contribution in [3.8, 4) is 5.75 Å². The van der Waals surface area contributed by atoms with Crippen molar-refractivity contribution >= 4 is 32.6 Å². The topological polar surface area (TPSA) is 51.2 Å². The van der Waals surface area contributed by atoms with Crippen molar-refractivity contribution in [3.63, 3.8) is 0 Å². The van der Waals surface area contributed by atoms with Gasteiger partial charge in [0.05, 0.1) is 17.3 Å². The van der Waals surface area contributed by atoms with Gasteiger partial charge in [0.25, 0.3) is 0 Å². The van der Waals surface area contributed by atoms with Gasteiger partial charge in [-0.15, -0.1) is 0 Å². The zero-order valence-corrected chi connectivity index (χ0v) is 10.4. The second kappa shape index (κ2) is 4.97. The third-order valence-electron chi connectivity index (χ3n) is 2.14. The summed E-state index contributed by atoms with van der Waals surface area (Å²) in [4.78, 5) is 15.7. The highest BCUT2D eigenvalue weighted by molar-refractivity contribution is 7.22. The molecule has 1 heterocycles. The minimum Gasteiger partial charge on any atom is -0.497 e. The van der Waals surface area contributed by atoms with Crippen LogP contribution in [0.4, 0.5) is 5.13 Å². The molecule has 0 aliphatic heterocycles. The molecule has 1 aromatic carbocycles. The molecule has 17 heavy (non-hydrogen) atoms. The molecule has 0 spiro atoms. The molecule has 4 nitrogen and oxygen atoms in total. The summed E-state index contributed by atoms with van der Waals surface area (Å²) in [5.41, 5.74) is 0.824. The van der Waals surface area contributed by atoms with Gasteiger partial charge in [-0.05, 0) is 25.1 Å². The number of aromatic nitrogens is 1. The van der Waals surface area contributed by atoms with Crippen LogP contribution in [-0.2, 0) is 4.79 Å². The van der Waals surface area contributed by atoms with Gasteiger partial charge >= 0.3 is 0 Å². The monoisotopic (exact) mass is 248 g/mol. The third-order valence-corrected chi connectivity index (χ3v) is 3.09. The first-order valence-corrected chi connectivity index (χ1v) is 5.93.